The predicted molar refractivity (Wildman–Crippen MR) is 123 cm³/mol. The number of nitrogens with zero attached hydrogens (tertiary/aromatic N) is 3. The Morgan fingerprint density at radius 2 is 1.97 bits per heavy atom. The number of amides is 2. The van der Waals surface area contributed by atoms with Crippen LogP contribution in [0.1, 0.15) is 25.6 Å². The molecule has 1 N–H and O–H groups in total. The van der Waals surface area contributed by atoms with Crippen LogP contribution < -0.4 is 14.8 Å². The van der Waals surface area contributed by atoms with E-state index in [9.17, 15) is 9.59 Å². The zero-order valence-electron chi connectivity index (χ0n) is 18.1. The molecule has 32 heavy (non-hydrogen) atoms. The Morgan fingerprint density at radius 3 is 2.78 bits per heavy atom. The van der Waals surface area contributed by atoms with Gasteiger partial charge in [-0.3, -0.25) is 9.59 Å². The monoisotopic (exact) mass is 452 g/mol. The van der Waals surface area contributed by atoms with Crippen molar-refractivity contribution in [1.29, 1.82) is 0 Å². The Morgan fingerprint density at radius 1 is 1.16 bits per heavy atom. The highest BCUT2D eigenvalue weighted by molar-refractivity contribution is 7.13. The van der Waals surface area contributed by atoms with Gasteiger partial charge in [0.25, 0.3) is 17.0 Å². The molecule has 0 fully saturated rings. The maximum atomic E-state index is 13.0. The van der Waals surface area contributed by atoms with Gasteiger partial charge in [0, 0.05) is 30.2 Å². The average Bonchev–Trinajstić information content (AvgIpc) is 3.15. The van der Waals surface area contributed by atoms with Crippen molar-refractivity contribution in [2.24, 2.45) is 0 Å². The summed E-state index contributed by atoms with van der Waals surface area (Å²) in [5.41, 5.74) is 1.36. The highest BCUT2D eigenvalue weighted by Gasteiger charge is 2.22. The van der Waals surface area contributed by atoms with E-state index in [1.807, 2.05) is 25.1 Å². The number of anilines is 1. The molecule has 4 rings (SSSR count). The molecule has 0 atom stereocenters. The number of hydrogen-bond donors (Lipinski definition) is 1. The number of thiazole rings is 1. The van der Waals surface area contributed by atoms with Gasteiger partial charge < -0.3 is 24.6 Å². The van der Waals surface area contributed by atoms with Crippen molar-refractivity contribution in [1.82, 2.24) is 14.8 Å². The first kappa shape index (κ1) is 21.8. The fraction of sp³-hybridized carbons (Fsp3) is 0.261. The van der Waals surface area contributed by atoms with Crippen LogP contribution in [0.5, 0.6) is 16.7 Å². The number of carbonyl (C=O) groups is 2. The first-order valence-electron chi connectivity index (χ1n) is 10.1. The van der Waals surface area contributed by atoms with E-state index >= 15 is 0 Å². The zero-order chi connectivity index (χ0) is 22.7. The number of fused-ring (bicyclic) bond motifs is 2. The van der Waals surface area contributed by atoms with E-state index in [1.54, 1.807) is 54.5 Å². The molecule has 2 amide bonds. The molecule has 3 aromatic rings. The summed E-state index contributed by atoms with van der Waals surface area (Å²) in [6.45, 7) is 1.76. The number of benzene rings is 2. The van der Waals surface area contributed by atoms with Crippen LogP contribution >= 0.6 is 11.3 Å². The fourth-order valence-corrected chi connectivity index (χ4v) is 4.01. The van der Waals surface area contributed by atoms with Gasteiger partial charge in [0.15, 0.2) is 5.75 Å². The van der Waals surface area contributed by atoms with Crippen LogP contribution in [-0.2, 0) is 6.54 Å². The third kappa shape index (κ3) is 4.90. The van der Waals surface area contributed by atoms with Crippen LogP contribution in [-0.4, -0.2) is 60.9 Å². The second-order valence-electron chi connectivity index (χ2n) is 7.67. The molecule has 0 spiro atoms. The van der Waals surface area contributed by atoms with Crippen LogP contribution in [0, 0.1) is 0 Å². The van der Waals surface area contributed by atoms with Crippen molar-refractivity contribution >= 4 is 28.8 Å². The van der Waals surface area contributed by atoms with Crippen molar-refractivity contribution in [3.05, 3.63) is 64.7 Å². The molecule has 9 heteroatoms. The summed E-state index contributed by atoms with van der Waals surface area (Å²) in [5, 5.41) is 3.42. The summed E-state index contributed by atoms with van der Waals surface area (Å²) in [7, 11) is 5.69. The SMILES string of the molecule is CN(C)CCOc1ncc(CN(C)C(=O)c2ccc3c(c2)NC(=O)c2ccccc2O3)s1. The lowest BCUT2D eigenvalue weighted by molar-refractivity contribution is 0.0786. The summed E-state index contributed by atoms with van der Waals surface area (Å²) in [6.07, 6.45) is 1.72. The van der Waals surface area contributed by atoms with E-state index in [0.717, 1.165) is 11.4 Å². The molecule has 2 aromatic carbocycles. The lowest BCUT2D eigenvalue weighted by Crippen LogP contribution is -2.26. The lowest BCUT2D eigenvalue weighted by atomic mass is 10.1. The third-order valence-electron chi connectivity index (χ3n) is 4.86. The summed E-state index contributed by atoms with van der Waals surface area (Å²) >= 11 is 1.42. The van der Waals surface area contributed by atoms with Gasteiger partial charge >= 0.3 is 0 Å². The van der Waals surface area contributed by atoms with Crippen molar-refractivity contribution in [2.45, 2.75) is 6.54 Å². The largest absolute Gasteiger partial charge is 0.469 e. The number of aromatic nitrogens is 1. The Kier molecular flexibility index (Phi) is 6.38. The molecular formula is C23H24N4O4S. The number of nitrogens with one attached hydrogen (secondary N) is 1. The summed E-state index contributed by atoms with van der Waals surface area (Å²) in [5.74, 6) is 0.522. The lowest BCUT2D eigenvalue weighted by Gasteiger charge is -2.17. The van der Waals surface area contributed by atoms with Gasteiger partial charge in [0.2, 0.25) is 0 Å². The molecule has 166 valence electrons. The molecule has 0 saturated carbocycles. The molecule has 1 aliphatic rings. The molecule has 0 aliphatic carbocycles. The minimum Gasteiger partial charge on any atom is -0.469 e. The molecule has 0 saturated heterocycles. The van der Waals surface area contributed by atoms with E-state index < -0.39 is 0 Å². The van der Waals surface area contributed by atoms with Crippen LogP contribution in [0.15, 0.2) is 48.7 Å². The normalized spacial score (nSPS) is 12.3. The summed E-state index contributed by atoms with van der Waals surface area (Å²) in [4.78, 5) is 34.4. The first-order chi connectivity index (χ1) is 15.4. The van der Waals surface area contributed by atoms with E-state index in [4.69, 9.17) is 9.47 Å². The van der Waals surface area contributed by atoms with E-state index in [-0.39, 0.29) is 11.8 Å². The average molecular weight is 453 g/mol. The topological polar surface area (TPSA) is 84.0 Å². The number of carbonyl (C=O) groups excluding carboxylic acids is 2. The predicted octanol–water partition coefficient (Wildman–Crippen LogP) is 3.71. The van der Waals surface area contributed by atoms with Gasteiger partial charge in [0.05, 0.1) is 17.8 Å². The fourth-order valence-electron chi connectivity index (χ4n) is 3.17. The molecule has 0 bridgehead atoms. The Balaban J connectivity index is 1.43. The van der Waals surface area contributed by atoms with Gasteiger partial charge in [-0.15, -0.1) is 0 Å². The first-order valence-corrected chi connectivity index (χ1v) is 10.9. The van der Waals surface area contributed by atoms with Crippen molar-refractivity contribution in [2.75, 3.05) is 39.6 Å². The zero-order valence-corrected chi connectivity index (χ0v) is 18.9. The van der Waals surface area contributed by atoms with Crippen LogP contribution in [0.2, 0.25) is 0 Å². The third-order valence-corrected chi connectivity index (χ3v) is 5.76. The molecule has 2 heterocycles. The van der Waals surface area contributed by atoms with E-state index in [2.05, 4.69) is 10.3 Å². The number of para-hydroxylation sites is 1. The van der Waals surface area contributed by atoms with Crippen molar-refractivity contribution < 1.29 is 19.1 Å². The number of hydrogen-bond acceptors (Lipinski definition) is 7. The van der Waals surface area contributed by atoms with Gasteiger partial charge in [0.1, 0.15) is 12.4 Å². The van der Waals surface area contributed by atoms with Crippen LogP contribution in [0.25, 0.3) is 0 Å². The Bertz CT molecular complexity index is 1140. The molecule has 1 aromatic heterocycles. The highest BCUT2D eigenvalue weighted by atomic mass is 32.1. The maximum Gasteiger partial charge on any atom is 0.273 e. The molecule has 1 aliphatic heterocycles. The second kappa shape index (κ2) is 9.37. The molecule has 8 nitrogen and oxygen atoms in total. The van der Waals surface area contributed by atoms with Crippen molar-refractivity contribution in [3.63, 3.8) is 0 Å². The summed E-state index contributed by atoms with van der Waals surface area (Å²) < 4.78 is 11.5. The smallest absolute Gasteiger partial charge is 0.273 e. The minimum absolute atomic E-state index is 0.174. The molecule has 0 radical (unpaired) electrons. The van der Waals surface area contributed by atoms with Crippen LogP contribution in [0.4, 0.5) is 5.69 Å². The van der Waals surface area contributed by atoms with E-state index in [1.165, 1.54) is 11.3 Å². The van der Waals surface area contributed by atoms with Gasteiger partial charge in [-0.2, -0.15) is 0 Å². The minimum atomic E-state index is -0.274. The highest BCUT2D eigenvalue weighted by Crippen LogP contribution is 2.36. The standard InChI is InChI=1S/C23H24N4O4S/c1-26(2)10-11-30-23-24-13-16(32-23)14-27(3)22(29)15-8-9-20-18(12-15)25-21(28)17-6-4-5-7-19(17)31-20/h4-9,12-13H,10-11,14H2,1-3H3,(H,25,28). The Hall–Kier alpha value is -3.43. The number of rotatable bonds is 7. The Labute approximate surface area is 190 Å². The van der Waals surface area contributed by atoms with Gasteiger partial charge in [-0.1, -0.05) is 23.5 Å². The van der Waals surface area contributed by atoms with Crippen molar-refractivity contribution in [3.8, 4) is 16.7 Å². The number of likely N-dealkylation sites (N-methyl/N-ethyl adjacent to an activating group) is 1. The summed E-state index contributed by atoms with van der Waals surface area (Å²) in [6, 6.07) is 12.1. The van der Waals surface area contributed by atoms with E-state index in [0.29, 0.717) is 46.7 Å². The second-order valence-corrected chi connectivity index (χ2v) is 8.75. The van der Waals surface area contributed by atoms with Gasteiger partial charge in [-0.05, 0) is 44.4 Å². The quantitative estimate of drug-likeness (QED) is 0.588. The number of ether oxygens (including phenoxy) is 2. The van der Waals surface area contributed by atoms with Crippen LogP contribution in [0.3, 0.4) is 0 Å². The molecular weight excluding hydrogens is 428 g/mol. The van der Waals surface area contributed by atoms with Gasteiger partial charge in [-0.25, -0.2) is 4.98 Å². The maximum absolute atomic E-state index is 13.0. The molecule has 0 unspecified atom stereocenters.